The second-order valence-electron chi connectivity index (χ2n) is 7.07. The van der Waals surface area contributed by atoms with Crippen LogP contribution in [0.25, 0.3) is 6.08 Å². The van der Waals surface area contributed by atoms with Gasteiger partial charge in [-0.2, -0.15) is 0 Å². The number of carbonyl (C=O) groups excluding carboxylic acids is 1. The molecule has 0 saturated heterocycles. The summed E-state index contributed by atoms with van der Waals surface area (Å²) in [6.45, 7) is 0.708. The van der Waals surface area contributed by atoms with Gasteiger partial charge in [0.2, 0.25) is 5.91 Å². The van der Waals surface area contributed by atoms with Crippen molar-refractivity contribution < 1.29 is 13.9 Å². The number of hydrogen-bond donors (Lipinski definition) is 0. The van der Waals surface area contributed by atoms with E-state index in [1.165, 1.54) is 6.07 Å². The van der Waals surface area contributed by atoms with Crippen LogP contribution in [0.15, 0.2) is 72.1 Å². The maximum Gasteiger partial charge on any atom is 0.247 e. The van der Waals surface area contributed by atoms with Gasteiger partial charge in [-0.25, -0.2) is 4.39 Å². The van der Waals surface area contributed by atoms with Crippen molar-refractivity contribution in [2.75, 3.05) is 0 Å². The number of carbonyl (C=O) groups is 1. The van der Waals surface area contributed by atoms with E-state index in [0.29, 0.717) is 23.9 Å². The van der Waals surface area contributed by atoms with Crippen molar-refractivity contribution in [2.24, 2.45) is 0 Å². The number of amides is 1. The van der Waals surface area contributed by atoms with Crippen LogP contribution >= 0.6 is 11.3 Å². The molecule has 3 aromatic rings. The first kappa shape index (κ1) is 19.4. The molecule has 1 saturated carbocycles. The fourth-order valence-electron chi connectivity index (χ4n) is 3.12. The first-order chi connectivity index (χ1) is 14.2. The average molecular weight is 408 g/mol. The quantitative estimate of drug-likeness (QED) is 0.450. The molecule has 1 aliphatic carbocycles. The molecule has 3 nitrogen and oxygen atoms in total. The Morgan fingerprint density at radius 3 is 2.76 bits per heavy atom. The van der Waals surface area contributed by atoms with E-state index in [0.717, 1.165) is 23.3 Å². The van der Waals surface area contributed by atoms with E-state index in [-0.39, 0.29) is 18.3 Å². The van der Waals surface area contributed by atoms with E-state index in [2.05, 4.69) is 0 Å². The highest BCUT2D eigenvalue weighted by Crippen LogP contribution is 2.29. The Balaban J connectivity index is 1.41. The molecule has 0 bridgehead atoms. The van der Waals surface area contributed by atoms with E-state index in [1.807, 2.05) is 52.8 Å². The summed E-state index contributed by atoms with van der Waals surface area (Å²) in [4.78, 5) is 15.7. The topological polar surface area (TPSA) is 29.5 Å². The van der Waals surface area contributed by atoms with Crippen molar-refractivity contribution in [3.05, 3.63) is 93.9 Å². The van der Waals surface area contributed by atoms with Crippen LogP contribution < -0.4 is 4.74 Å². The molecule has 1 heterocycles. The van der Waals surface area contributed by atoms with E-state index in [9.17, 15) is 9.18 Å². The Morgan fingerprint density at radius 2 is 2.00 bits per heavy atom. The third kappa shape index (κ3) is 5.33. The number of thiophene rings is 1. The monoisotopic (exact) mass is 407 g/mol. The zero-order valence-electron chi connectivity index (χ0n) is 16.0. The molecule has 29 heavy (non-hydrogen) atoms. The summed E-state index contributed by atoms with van der Waals surface area (Å²) >= 11 is 1.61. The minimum atomic E-state index is -0.272. The fourth-order valence-corrected chi connectivity index (χ4v) is 3.73. The van der Waals surface area contributed by atoms with Gasteiger partial charge in [0, 0.05) is 29.1 Å². The van der Waals surface area contributed by atoms with Crippen molar-refractivity contribution in [2.45, 2.75) is 32.0 Å². The Labute approximate surface area is 174 Å². The minimum Gasteiger partial charge on any atom is -0.489 e. The number of ether oxygens (including phenoxy) is 1. The molecule has 0 unspecified atom stereocenters. The Kier molecular flexibility index (Phi) is 6.06. The molecule has 1 aromatic heterocycles. The van der Waals surface area contributed by atoms with Crippen molar-refractivity contribution in [1.82, 2.24) is 4.90 Å². The van der Waals surface area contributed by atoms with Gasteiger partial charge in [-0.05, 0) is 54.1 Å². The third-order valence-corrected chi connectivity index (χ3v) is 5.65. The summed E-state index contributed by atoms with van der Waals surface area (Å²) in [5.41, 5.74) is 1.52. The maximum absolute atomic E-state index is 13.8. The molecule has 0 N–H and O–H groups in total. The largest absolute Gasteiger partial charge is 0.489 e. The van der Waals surface area contributed by atoms with Gasteiger partial charge < -0.3 is 9.64 Å². The van der Waals surface area contributed by atoms with Gasteiger partial charge in [0.1, 0.15) is 18.2 Å². The Morgan fingerprint density at radius 1 is 1.14 bits per heavy atom. The van der Waals surface area contributed by atoms with Gasteiger partial charge in [-0.1, -0.05) is 36.4 Å². The smallest absolute Gasteiger partial charge is 0.247 e. The van der Waals surface area contributed by atoms with Crippen LogP contribution in [0.4, 0.5) is 4.39 Å². The highest BCUT2D eigenvalue weighted by atomic mass is 32.1. The molecule has 1 amide bonds. The summed E-state index contributed by atoms with van der Waals surface area (Å²) in [5, 5.41) is 2.00. The molecule has 0 atom stereocenters. The van der Waals surface area contributed by atoms with Crippen LogP contribution in [0.2, 0.25) is 0 Å². The van der Waals surface area contributed by atoms with Crippen molar-refractivity contribution in [3.8, 4) is 5.75 Å². The Bertz CT molecular complexity index is 996. The highest BCUT2D eigenvalue weighted by Gasteiger charge is 2.31. The standard InChI is InChI=1S/C24H22FNO2S/c25-23-9-2-1-6-19(23)17-28-21-7-3-5-18(15-21)16-26(20-10-11-20)24(27)13-12-22-8-4-14-29-22/h1-9,12-15,20H,10-11,16-17H2. The average Bonchev–Trinajstić information content (AvgIpc) is 3.44. The lowest BCUT2D eigenvalue weighted by atomic mass is 10.2. The molecule has 0 aliphatic heterocycles. The SMILES string of the molecule is O=C(C=Cc1cccs1)N(Cc1cccc(OCc2ccccc2F)c1)C1CC1. The number of halogens is 1. The molecule has 148 valence electrons. The lowest BCUT2D eigenvalue weighted by molar-refractivity contribution is -0.127. The maximum atomic E-state index is 13.8. The second-order valence-corrected chi connectivity index (χ2v) is 8.05. The van der Waals surface area contributed by atoms with Crippen LogP contribution in [0.1, 0.15) is 28.8 Å². The summed E-state index contributed by atoms with van der Waals surface area (Å²) in [6.07, 6.45) is 5.61. The van der Waals surface area contributed by atoms with Gasteiger partial charge in [0.05, 0.1) is 0 Å². The number of hydrogen-bond acceptors (Lipinski definition) is 3. The van der Waals surface area contributed by atoms with Crippen LogP contribution in [0.5, 0.6) is 5.75 Å². The van der Waals surface area contributed by atoms with Crippen LogP contribution in [-0.2, 0) is 17.9 Å². The van der Waals surface area contributed by atoms with Crippen LogP contribution in [0.3, 0.4) is 0 Å². The van der Waals surface area contributed by atoms with E-state index < -0.39 is 0 Å². The lowest BCUT2D eigenvalue weighted by Gasteiger charge is -2.21. The van der Waals surface area contributed by atoms with Gasteiger partial charge in [0.15, 0.2) is 0 Å². The van der Waals surface area contributed by atoms with Crippen molar-refractivity contribution in [1.29, 1.82) is 0 Å². The van der Waals surface area contributed by atoms with Gasteiger partial charge >= 0.3 is 0 Å². The summed E-state index contributed by atoms with van der Waals surface area (Å²) in [5.74, 6) is 0.424. The molecule has 0 spiro atoms. The van der Waals surface area contributed by atoms with E-state index >= 15 is 0 Å². The fraction of sp³-hybridized carbons (Fsp3) is 0.208. The summed E-state index contributed by atoms with van der Waals surface area (Å²) in [6, 6.07) is 18.5. The first-order valence-electron chi connectivity index (χ1n) is 9.66. The van der Waals surface area contributed by atoms with E-state index in [1.54, 1.807) is 35.6 Å². The molecule has 1 aliphatic rings. The van der Waals surface area contributed by atoms with Crippen molar-refractivity contribution >= 4 is 23.3 Å². The third-order valence-electron chi connectivity index (χ3n) is 4.81. The lowest BCUT2D eigenvalue weighted by Crippen LogP contribution is -2.31. The van der Waals surface area contributed by atoms with Gasteiger partial charge in [-0.3, -0.25) is 4.79 Å². The number of rotatable bonds is 8. The highest BCUT2D eigenvalue weighted by molar-refractivity contribution is 7.10. The Hall–Kier alpha value is -2.92. The molecular formula is C24H22FNO2S. The molecule has 5 heteroatoms. The first-order valence-corrected chi connectivity index (χ1v) is 10.5. The molecular weight excluding hydrogens is 385 g/mol. The molecule has 1 fully saturated rings. The predicted octanol–water partition coefficient (Wildman–Crippen LogP) is 5.67. The molecule has 2 aromatic carbocycles. The van der Waals surface area contributed by atoms with Gasteiger partial charge in [0.25, 0.3) is 0 Å². The normalized spacial score (nSPS) is 13.6. The molecule has 4 rings (SSSR count). The zero-order valence-corrected chi connectivity index (χ0v) is 16.8. The number of nitrogens with zero attached hydrogens (tertiary/aromatic N) is 1. The van der Waals surface area contributed by atoms with Crippen molar-refractivity contribution in [3.63, 3.8) is 0 Å². The van der Waals surface area contributed by atoms with Crippen LogP contribution in [0, 0.1) is 5.82 Å². The predicted molar refractivity (Wildman–Crippen MR) is 114 cm³/mol. The second kappa shape index (κ2) is 9.05. The minimum absolute atomic E-state index is 0.0265. The summed E-state index contributed by atoms with van der Waals surface area (Å²) < 4.78 is 19.5. The van der Waals surface area contributed by atoms with E-state index in [4.69, 9.17) is 4.74 Å². The van der Waals surface area contributed by atoms with Crippen LogP contribution in [-0.4, -0.2) is 16.8 Å². The summed E-state index contributed by atoms with van der Waals surface area (Å²) in [7, 11) is 0. The zero-order chi connectivity index (χ0) is 20.1. The van der Waals surface area contributed by atoms with Gasteiger partial charge in [-0.15, -0.1) is 11.3 Å². The molecule has 0 radical (unpaired) electrons. The number of benzene rings is 2.